The minimum atomic E-state index is -3.40. The molecule has 1 saturated heterocycles. The molecule has 2 atom stereocenters. The van der Waals surface area contributed by atoms with Crippen LogP contribution in [0.25, 0.3) is 11.0 Å². The lowest BCUT2D eigenvalue weighted by Gasteiger charge is -2.32. The van der Waals surface area contributed by atoms with Gasteiger partial charge in [0.25, 0.3) is 11.8 Å². The Labute approximate surface area is 247 Å². The molecule has 3 heterocycles. The zero-order valence-corrected chi connectivity index (χ0v) is 24.6. The van der Waals surface area contributed by atoms with Crippen molar-refractivity contribution >= 4 is 62.0 Å². The molecule has 1 unspecified atom stereocenters. The van der Waals surface area contributed by atoms with Gasteiger partial charge in [-0.1, -0.05) is 29.3 Å². The van der Waals surface area contributed by atoms with Crippen molar-refractivity contribution in [2.75, 3.05) is 25.9 Å². The van der Waals surface area contributed by atoms with Crippen LogP contribution in [0.2, 0.25) is 10.0 Å². The van der Waals surface area contributed by atoms with Gasteiger partial charge in [-0.05, 0) is 67.0 Å². The Balaban J connectivity index is 1.30. The lowest BCUT2D eigenvalue weighted by Crippen LogP contribution is -2.46. The van der Waals surface area contributed by atoms with Crippen LogP contribution in [0.4, 0.5) is 0 Å². The highest BCUT2D eigenvalue weighted by molar-refractivity contribution is 7.88. The highest BCUT2D eigenvalue weighted by atomic mass is 35.5. The Morgan fingerprint density at radius 2 is 1.95 bits per heavy atom. The third-order valence-electron chi connectivity index (χ3n) is 7.75. The summed E-state index contributed by atoms with van der Waals surface area (Å²) in [5.41, 5.74) is 2.46. The predicted octanol–water partition coefficient (Wildman–Crippen LogP) is 4.18. The lowest BCUT2D eigenvalue weighted by molar-refractivity contribution is -0.139. The number of sulfonamides is 1. The van der Waals surface area contributed by atoms with Crippen LogP contribution in [0.5, 0.6) is 0 Å². The summed E-state index contributed by atoms with van der Waals surface area (Å²) in [5, 5.41) is 13.4. The highest BCUT2D eigenvalue weighted by Crippen LogP contribution is 2.35. The van der Waals surface area contributed by atoms with Gasteiger partial charge in [0.2, 0.25) is 10.0 Å². The zero-order chi connectivity index (χ0) is 29.5. The molecule has 2 aliphatic rings. The van der Waals surface area contributed by atoms with Gasteiger partial charge in [-0.25, -0.2) is 17.5 Å². The molecule has 5 rings (SSSR count). The number of aliphatic carboxylic acids is 1. The van der Waals surface area contributed by atoms with Crippen molar-refractivity contribution < 1.29 is 32.3 Å². The van der Waals surface area contributed by atoms with E-state index >= 15 is 0 Å². The molecular weight excluding hydrogens is 593 g/mol. The van der Waals surface area contributed by atoms with Gasteiger partial charge < -0.3 is 19.7 Å². The Morgan fingerprint density at radius 3 is 2.68 bits per heavy atom. The summed E-state index contributed by atoms with van der Waals surface area (Å²) in [4.78, 5) is 40.2. The number of rotatable bonds is 7. The molecule has 1 aromatic heterocycles. The third kappa shape index (κ3) is 6.23. The summed E-state index contributed by atoms with van der Waals surface area (Å²) >= 11 is 13.2. The number of benzene rings is 2. The van der Waals surface area contributed by atoms with E-state index in [0.29, 0.717) is 54.6 Å². The van der Waals surface area contributed by atoms with E-state index in [-0.39, 0.29) is 46.9 Å². The van der Waals surface area contributed by atoms with Crippen molar-refractivity contribution in [3.63, 3.8) is 0 Å². The van der Waals surface area contributed by atoms with Crippen molar-refractivity contribution in [1.29, 1.82) is 0 Å². The van der Waals surface area contributed by atoms with Gasteiger partial charge in [-0.15, -0.1) is 0 Å². The number of halogens is 2. The predicted molar refractivity (Wildman–Crippen MR) is 154 cm³/mol. The summed E-state index contributed by atoms with van der Waals surface area (Å²) in [6, 6.07) is 7.42. The first-order chi connectivity index (χ1) is 19.4. The largest absolute Gasteiger partial charge is 0.480 e. The molecule has 0 aliphatic carbocycles. The van der Waals surface area contributed by atoms with Crippen LogP contribution >= 0.6 is 23.2 Å². The van der Waals surface area contributed by atoms with E-state index in [2.05, 4.69) is 5.32 Å². The monoisotopic (exact) mass is 621 g/mol. The van der Waals surface area contributed by atoms with E-state index < -0.39 is 27.9 Å². The van der Waals surface area contributed by atoms with Gasteiger partial charge in [-0.2, -0.15) is 0 Å². The van der Waals surface area contributed by atoms with Crippen molar-refractivity contribution in [2.24, 2.45) is 5.92 Å². The zero-order valence-electron chi connectivity index (χ0n) is 22.2. The maximum atomic E-state index is 13.3. The van der Waals surface area contributed by atoms with Crippen LogP contribution in [-0.2, 0) is 27.8 Å². The molecule has 10 nitrogen and oxygen atoms in total. The van der Waals surface area contributed by atoms with Gasteiger partial charge in [0.05, 0.1) is 28.1 Å². The molecule has 2 aliphatic heterocycles. The molecule has 0 saturated carbocycles. The fourth-order valence-electron chi connectivity index (χ4n) is 5.61. The number of carbonyl (C=O) groups is 3. The maximum Gasteiger partial charge on any atom is 0.326 e. The molecular formula is C28H29Cl2N3O7S. The standard InChI is InChI=1S/C28H29Cl2N3O7S/c1-41(38,39)33-8-2-3-16(14-33)11-22(28(36)37)31-26(34)24-21(29)12-19-15-32(9-6-20(19)25(24)30)27(35)18-5-4-17-7-10-40-23(17)13-18/h4-5,7,10,12-13,16,22H,2-3,6,8-9,11,14-15H2,1H3,(H,31,34)(H,36,37)/t16?,22-/m0/s1. The Hall–Kier alpha value is -3.12. The number of carboxylic acids is 1. The van der Waals surface area contributed by atoms with Crippen LogP contribution in [-0.4, -0.2) is 72.4 Å². The van der Waals surface area contributed by atoms with Gasteiger partial charge in [0.15, 0.2) is 0 Å². The molecule has 13 heteroatoms. The fraction of sp³-hybridized carbons (Fsp3) is 0.393. The lowest BCUT2D eigenvalue weighted by atomic mass is 9.92. The number of carbonyl (C=O) groups excluding carboxylic acids is 2. The van der Waals surface area contributed by atoms with Crippen LogP contribution in [0.1, 0.15) is 51.1 Å². The van der Waals surface area contributed by atoms with E-state index in [1.54, 1.807) is 29.4 Å². The van der Waals surface area contributed by atoms with Gasteiger partial charge in [0, 0.05) is 37.1 Å². The smallest absolute Gasteiger partial charge is 0.326 e. The summed E-state index contributed by atoms with van der Waals surface area (Å²) < 4.78 is 30.7. The number of fused-ring (bicyclic) bond motifs is 2. The second-order valence-corrected chi connectivity index (χ2v) is 13.3. The first-order valence-corrected chi connectivity index (χ1v) is 15.8. The summed E-state index contributed by atoms with van der Waals surface area (Å²) in [7, 11) is -3.40. The fourth-order valence-corrected chi connectivity index (χ4v) is 7.32. The first-order valence-electron chi connectivity index (χ1n) is 13.2. The number of nitrogens with one attached hydrogen (secondary N) is 1. The summed E-state index contributed by atoms with van der Waals surface area (Å²) in [6.45, 7) is 1.19. The van der Waals surface area contributed by atoms with E-state index in [9.17, 15) is 27.9 Å². The Bertz CT molecular complexity index is 1640. The van der Waals surface area contributed by atoms with Gasteiger partial charge in [-0.3, -0.25) is 9.59 Å². The number of piperidine rings is 1. The van der Waals surface area contributed by atoms with E-state index in [1.807, 2.05) is 12.1 Å². The number of furan rings is 1. The molecule has 218 valence electrons. The molecule has 41 heavy (non-hydrogen) atoms. The molecule has 1 fully saturated rings. The molecule has 2 amide bonds. The number of hydrogen-bond donors (Lipinski definition) is 2. The van der Waals surface area contributed by atoms with Crippen LogP contribution < -0.4 is 5.32 Å². The SMILES string of the molecule is CS(=O)(=O)N1CCCC(C[C@H](NC(=O)c2c(Cl)cc3c(c2Cl)CCN(C(=O)c2ccc4ccoc4c2)C3)C(=O)O)C1. The van der Waals surface area contributed by atoms with Crippen LogP contribution in [0, 0.1) is 5.92 Å². The van der Waals surface area contributed by atoms with Crippen molar-refractivity contribution in [1.82, 2.24) is 14.5 Å². The molecule has 2 N–H and O–H groups in total. The second kappa shape index (κ2) is 11.6. The summed E-state index contributed by atoms with van der Waals surface area (Å²) in [5.74, 6) is -2.37. The average molecular weight is 623 g/mol. The molecule has 0 bridgehead atoms. The molecule has 3 aromatic rings. The highest BCUT2D eigenvalue weighted by Gasteiger charge is 2.33. The van der Waals surface area contributed by atoms with E-state index in [1.165, 1.54) is 4.31 Å². The van der Waals surface area contributed by atoms with Gasteiger partial charge in [0.1, 0.15) is 11.6 Å². The van der Waals surface area contributed by atoms with E-state index in [4.69, 9.17) is 27.6 Å². The minimum Gasteiger partial charge on any atom is -0.480 e. The van der Waals surface area contributed by atoms with Crippen molar-refractivity contribution in [2.45, 2.75) is 38.3 Å². The first kappa shape index (κ1) is 29.4. The topological polar surface area (TPSA) is 137 Å². The molecule has 0 spiro atoms. The van der Waals surface area contributed by atoms with Crippen LogP contribution in [0.3, 0.4) is 0 Å². The molecule has 2 aromatic carbocycles. The second-order valence-electron chi connectivity index (χ2n) is 10.6. The number of hydrogen-bond acceptors (Lipinski definition) is 6. The Kier molecular flexibility index (Phi) is 8.34. The van der Waals surface area contributed by atoms with Crippen molar-refractivity contribution in [3.05, 3.63) is 68.9 Å². The Morgan fingerprint density at radius 1 is 1.17 bits per heavy atom. The maximum absolute atomic E-state index is 13.3. The average Bonchev–Trinajstić information content (AvgIpc) is 3.39. The third-order valence-corrected chi connectivity index (χ3v) is 9.73. The number of amides is 2. The van der Waals surface area contributed by atoms with Crippen LogP contribution in [0.15, 0.2) is 41.0 Å². The molecule has 0 radical (unpaired) electrons. The minimum absolute atomic E-state index is 0.0252. The normalized spacial score (nSPS) is 18.6. The summed E-state index contributed by atoms with van der Waals surface area (Å²) in [6.07, 6.45) is 4.39. The van der Waals surface area contributed by atoms with E-state index in [0.717, 1.165) is 11.6 Å². The van der Waals surface area contributed by atoms with Gasteiger partial charge >= 0.3 is 5.97 Å². The quantitative estimate of drug-likeness (QED) is 0.403. The van der Waals surface area contributed by atoms with Crippen molar-refractivity contribution in [3.8, 4) is 0 Å². The number of nitrogens with zero attached hydrogens (tertiary/aromatic N) is 2. The number of carboxylic acid groups (broad SMARTS) is 1.